The van der Waals surface area contributed by atoms with Gasteiger partial charge in [0.2, 0.25) is 0 Å². The standard InChI is InChI=1S/C27H28N2O5/c1-2-3-19-24(26(31)32)25(30)28(22-15-9-5-10-16-22)29(23-17-11-6-12-18-23)27(33)34-20-21-13-7-4-8-14-21/h4-18,24H,2-3,19-20H2,1H3,(H,31,32). The Kier molecular flexibility index (Phi) is 8.80. The van der Waals surface area contributed by atoms with Crippen molar-refractivity contribution >= 4 is 29.3 Å². The van der Waals surface area contributed by atoms with Gasteiger partial charge >= 0.3 is 12.1 Å². The zero-order valence-corrected chi connectivity index (χ0v) is 19.0. The van der Waals surface area contributed by atoms with Gasteiger partial charge in [0.15, 0.2) is 0 Å². The summed E-state index contributed by atoms with van der Waals surface area (Å²) in [6, 6.07) is 26.3. The fourth-order valence-corrected chi connectivity index (χ4v) is 3.47. The van der Waals surface area contributed by atoms with E-state index >= 15 is 0 Å². The van der Waals surface area contributed by atoms with Crippen molar-refractivity contribution in [2.75, 3.05) is 10.0 Å². The van der Waals surface area contributed by atoms with Crippen LogP contribution in [0, 0.1) is 5.92 Å². The Morgan fingerprint density at radius 1 is 0.794 bits per heavy atom. The normalized spacial score (nSPS) is 11.3. The molecule has 7 nitrogen and oxygen atoms in total. The summed E-state index contributed by atoms with van der Waals surface area (Å²) in [5, 5.41) is 12.0. The fraction of sp³-hybridized carbons (Fsp3) is 0.222. The molecular formula is C27H28N2O5. The highest BCUT2D eigenvalue weighted by Crippen LogP contribution is 2.27. The molecule has 0 saturated heterocycles. The maximum absolute atomic E-state index is 13.7. The fourth-order valence-electron chi connectivity index (χ4n) is 3.47. The van der Waals surface area contributed by atoms with E-state index < -0.39 is 23.9 Å². The van der Waals surface area contributed by atoms with Crippen molar-refractivity contribution in [2.24, 2.45) is 5.92 Å². The molecule has 0 spiro atoms. The second-order valence-corrected chi connectivity index (χ2v) is 7.71. The third-order valence-corrected chi connectivity index (χ3v) is 5.23. The van der Waals surface area contributed by atoms with Crippen LogP contribution in [0.25, 0.3) is 0 Å². The molecule has 2 amide bonds. The average molecular weight is 461 g/mol. The predicted molar refractivity (Wildman–Crippen MR) is 130 cm³/mol. The van der Waals surface area contributed by atoms with E-state index in [9.17, 15) is 19.5 Å². The molecule has 7 heteroatoms. The SMILES string of the molecule is CCCCC(C(=O)O)C(=O)N(c1ccccc1)N(C(=O)OCc1ccccc1)c1ccccc1. The number of amides is 2. The van der Waals surface area contributed by atoms with E-state index in [1.165, 1.54) is 0 Å². The summed E-state index contributed by atoms with van der Waals surface area (Å²) in [6.07, 6.45) is 0.668. The second kappa shape index (κ2) is 12.2. The topological polar surface area (TPSA) is 87.2 Å². The van der Waals surface area contributed by atoms with Gasteiger partial charge in [-0.3, -0.25) is 9.59 Å². The van der Waals surface area contributed by atoms with Crippen LogP contribution in [0.1, 0.15) is 31.7 Å². The first-order valence-electron chi connectivity index (χ1n) is 11.2. The molecule has 1 N–H and O–H groups in total. The minimum Gasteiger partial charge on any atom is -0.481 e. The van der Waals surface area contributed by atoms with E-state index in [-0.39, 0.29) is 13.0 Å². The van der Waals surface area contributed by atoms with E-state index in [2.05, 4.69) is 0 Å². The van der Waals surface area contributed by atoms with Gasteiger partial charge < -0.3 is 9.84 Å². The Hall–Kier alpha value is -4.13. The van der Waals surface area contributed by atoms with Crippen molar-refractivity contribution in [3.8, 4) is 0 Å². The first-order chi connectivity index (χ1) is 16.5. The molecule has 3 rings (SSSR count). The second-order valence-electron chi connectivity index (χ2n) is 7.71. The summed E-state index contributed by atoms with van der Waals surface area (Å²) in [5.41, 5.74) is 1.51. The molecule has 0 aliphatic heterocycles. The van der Waals surface area contributed by atoms with Gasteiger partial charge in [-0.25, -0.2) is 9.80 Å². The molecule has 0 radical (unpaired) electrons. The van der Waals surface area contributed by atoms with Crippen LogP contribution in [-0.4, -0.2) is 23.1 Å². The number of nitrogens with zero attached hydrogens (tertiary/aromatic N) is 2. The number of carbonyl (C=O) groups excluding carboxylic acids is 2. The highest BCUT2D eigenvalue weighted by molar-refractivity contribution is 6.11. The van der Waals surface area contributed by atoms with Gasteiger partial charge in [0.1, 0.15) is 12.5 Å². The van der Waals surface area contributed by atoms with Crippen LogP contribution < -0.4 is 10.0 Å². The third-order valence-electron chi connectivity index (χ3n) is 5.23. The number of benzene rings is 3. The van der Waals surface area contributed by atoms with Crippen molar-refractivity contribution in [2.45, 2.75) is 32.8 Å². The number of ether oxygens (including phenoxy) is 1. The molecule has 1 unspecified atom stereocenters. The van der Waals surface area contributed by atoms with E-state index in [4.69, 9.17) is 4.74 Å². The molecule has 0 aromatic heterocycles. The van der Waals surface area contributed by atoms with Crippen molar-refractivity contribution < 1.29 is 24.2 Å². The molecule has 0 aliphatic rings. The number of carboxylic acids is 1. The van der Waals surface area contributed by atoms with Gasteiger partial charge in [0, 0.05) is 0 Å². The maximum atomic E-state index is 13.7. The van der Waals surface area contributed by atoms with E-state index in [1.54, 1.807) is 60.7 Å². The molecule has 3 aromatic rings. The lowest BCUT2D eigenvalue weighted by molar-refractivity contribution is -0.146. The third kappa shape index (κ3) is 6.22. The molecule has 1 atom stereocenters. The van der Waals surface area contributed by atoms with Crippen molar-refractivity contribution in [3.63, 3.8) is 0 Å². The average Bonchev–Trinajstić information content (AvgIpc) is 2.87. The van der Waals surface area contributed by atoms with Crippen molar-refractivity contribution in [1.29, 1.82) is 0 Å². The molecule has 34 heavy (non-hydrogen) atoms. The number of hydrazine groups is 1. The molecule has 0 heterocycles. The first kappa shape index (κ1) is 24.5. The smallest absolute Gasteiger partial charge is 0.434 e. The van der Waals surface area contributed by atoms with Gasteiger partial charge in [-0.15, -0.1) is 0 Å². The monoisotopic (exact) mass is 460 g/mol. The largest absolute Gasteiger partial charge is 0.481 e. The molecule has 3 aromatic carbocycles. The Bertz CT molecular complexity index is 1070. The number of unbranched alkanes of at least 4 members (excludes halogenated alkanes) is 1. The lowest BCUT2D eigenvalue weighted by Gasteiger charge is -2.35. The summed E-state index contributed by atoms with van der Waals surface area (Å²) in [7, 11) is 0. The number of anilines is 2. The van der Waals surface area contributed by atoms with Crippen molar-refractivity contribution in [3.05, 3.63) is 96.6 Å². The Labute approximate surface area is 199 Å². The van der Waals surface area contributed by atoms with Crippen LogP contribution in [-0.2, 0) is 20.9 Å². The molecule has 176 valence electrons. The number of hydrogen-bond donors (Lipinski definition) is 1. The van der Waals surface area contributed by atoms with Gasteiger partial charge in [-0.2, -0.15) is 5.01 Å². The summed E-state index contributed by atoms with van der Waals surface area (Å²) in [5.74, 6) is -3.26. The Balaban J connectivity index is 2.03. The lowest BCUT2D eigenvalue weighted by Crippen LogP contribution is -2.54. The minimum atomic E-state index is -1.31. The predicted octanol–water partition coefficient (Wildman–Crippen LogP) is 5.67. The zero-order chi connectivity index (χ0) is 24.3. The molecular weight excluding hydrogens is 432 g/mol. The van der Waals surface area contributed by atoms with Gasteiger partial charge in [-0.1, -0.05) is 86.5 Å². The Morgan fingerprint density at radius 2 is 1.29 bits per heavy atom. The van der Waals surface area contributed by atoms with Crippen LogP contribution in [0.4, 0.5) is 16.2 Å². The first-order valence-corrected chi connectivity index (χ1v) is 11.2. The summed E-state index contributed by atoms with van der Waals surface area (Å²) in [6.45, 7) is 1.92. The van der Waals surface area contributed by atoms with Gasteiger partial charge in [0.05, 0.1) is 11.4 Å². The quantitative estimate of drug-likeness (QED) is 0.328. The summed E-state index contributed by atoms with van der Waals surface area (Å²) < 4.78 is 5.56. The highest BCUT2D eigenvalue weighted by atomic mass is 16.6. The molecule has 0 bridgehead atoms. The van der Waals surface area contributed by atoms with Crippen LogP contribution in [0.15, 0.2) is 91.0 Å². The van der Waals surface area contributed by atoms with E-state index in [0.29, 0.717) is 17.8 Å². The van der Waals surface area contributed by atoms with Crippen molar-refractivity contribution in [1.82, 2.24) is 0 Å². The molecule has 0 aliphatic carbocycles. The Morgan fingerprint density at radius 3 is 1.79 bits per heavy atom. The lowest BCUT2D eigenvalue weighted by atomic mass is 10.0. The van der Waals surface area contributed by atoms with Crippen LogP contribution in [0.5, 0.6) is 0 Å². The van der Waals surface area contributed by atoms with Crippen LogP contribution in [0.2, 0.25) is 0 Å². The maximum Gasteiger partial charge on any atom is 0.434 e. The highest BCUT2D eigenvalue weighted by Gasteiger charge is 2.37. The number of carboxylic acid groups (broad SMARTS) is 1. The van der Waals surface area contributed by atoms with E-state index in [0.717, 1.165) is 22.0 Å². The number of hydrogen-bond acceptors (Lipinski definition) is 4. The van der Waals surface area contributed by atoms with Gasteiger partial charge in [0.25, 0.3) is 5.91 Å². The van der Waals surface area contributed by atoms with Crippen LogP contribution in [0.3, 0.4) is 0 Å². The summed E-state index contributed by atoms with van der Waals surface area (Å²) >= 11 is 0. The number of aliphatic carboxylic acids is 1. The number of carbonyl (C=O) groups is 3. The van der Waals surface area contributed by atoms with E-state index in [1.807, 2.05) is 37.3 Å². The molecule has 0 fully saturated rings. The zero-order valence-electron chi connectivity index (χ0n) is 19.0. The minimum absolute atomic E-state index is 0.00196. The molecule has 0 saturated carbocycles. The summed E-state index contributed by atoms with van der Waals surface area (Å²) in [4.78, 5) is 39.1. The van der Waals surface area contributed by atoms with Crippen LogP contribution >= 0.6 is 0 Å². The van der Waals surface area contributed by atoms with Gasteiger partial charge in [-0.05, 0) is 36.2 Å². The number of rotatable bonds is 9. The number of para-hydroxylation sites is 2.